The van der Waals surface area contributed by atoms with Crippen molar-refractivity contribution < 1.29 is 5.11 Å². The summed E-state index contributed by atoms with van der Waals surface area (Å²) in [5, 5.41) is 9.04. The number of aliphatic hydroxyl groups excluding tert-OH is 1. The first-order chi connectivity index (χ1) is 9.24. The van der Waals surface area contributed by atoms with Crippen molar-refractivity contribution in [3.8, 4) is 0 Å². The average Bonchev–Trinajstić information content (AvgIpc) is 3.22. The Kier molecular flexibility index (Phi) is 5.14. The van der Waals surface area contributed by atoms with E-state index < -0.39 is 0 Å². The predicted octanol–water partition coefficient (Wildman–Crippen LogP) is 2.65. The first-order valence-corrected chi connectivity index (χ1v) is 7.46. The maximum atomic E-state index is 9.04. The molecule has 0 bridgehead atoms. The normalized spacial score (nSPS) is 14.7. The number of aryl methyl sites for hydroxylation is 1. The van der Waals surface area contributed by atoms with Crippen LogP contribution in [0.1, 0.15) is 56.5 Å². The fraction of sp³-hybridized carbons (Fsp3) is 0.733. The highest BCUT2D eigenvalue weighted by atomic mass is 16.3. The Morgan fingerprint density at radius 3 is 2.63 bits per heavy atom. The number of nitrogens with zero attached hydrogens (tertiary/aromatic N) is 3. The molecule has 106 valence electrons. The van der Waals surface area contributed by atoms with Crippen LogP contribution in [0.15, 0.2) is 6.07 Å². The van der Waals surface area contributed by atoms with Gasteiger partial charge in [-0.15, -0.1) is 0 Å². The molecule has 2 rings (SSSR count). The zero-order valence-electron chi connectivity index (χ0n) is 12.1. The van der Waals surface area contributed by atoms with Gasteiger partial charge in [0, 0.05) is 37.4 Å². The monoisotopic (exact) mass is 263 g/mol. The van der Waals surface area contributed by atoms with Crippen molar-refractivity contribution in [1.82, 2.24) is 9.97 Å². The molecule has 1 aliphatic rings. The molecule has 4 heteroatoms. The molecule has 19 heavy (non-hydrogen) atoms. The fourth-order valence-corrected chi connectivity index (χ4v) is 2.21. The zero-order valence-corrected chi connectivity index (χ0v) is 12.1. The Bertz CT molecular complexity index is 396. The fourth-order valence-electron chi connectivity index (χ4n) is 2.21. The first kappa shape index (κ1) is 14.3. The number of unbranched alkanes of at least 4 members (excludes halogenated alkanes) is 1. The summed E-state index contributed by atoms with van der Waals surface area (Å²) in [6.07, 6.45) is 5.59. The largest absolute Gasteiger partial charge is 0.396 e. The van der Waals surface area contributed by atoms with Crippen LogP contribution >= 0.6 is 0 Å². The molecule has 0 aromatic carbocycles. The maximum absolute atomic E-state index is 9.04. The van der Waals surface area contributed by atoms with Crippen LogP contribution in [-0.2, 0) is 0 Å². The van der Waals surface area contributed by atoms with Crippen molar-refractivity contribution in [1.29, 1.82) is 0 Å². The van der Waals surface area contributed by atoms with Crippen molar-refractivity contribution in [2.45, 2.75) is 51.9 Å². The molecule has 1 aliphatic carbocycles. The van der Waals surface area contributed by atoms with Crippen LogP contribution in [0.4, 0.5) is 5.82 Å². The molecule has 1 heterocycles. The second kappa shape index (κ2) is 6.85. The van der Waals surface area contributed by atoms with E-state index in [2.05, 4.69) is 22.9 Å². The molecule has 1 saturated carbocycles. The molecule has 0 amide bonds. The lowest BCUT2D eigenvalue weighted by Gasteiger charge is -2.24. The smallest absolute Gasteiger partial charge is 0.134 e. The van der Waals surface area contributed by atoms with Crippen LogP contribution in [-0.4, -0.2) is 34.8 Å². The summed E-state index contributed by atoms with van der Waals surface area (Å²) in [5.41, 5.74) is 1.05. The lowest BCUT2D eigenvalue weighted by Crippen LogP contribution is -2.27. The van der Waals surface area contributed by atoms with Gasteiger partial charge in [0.05, 0.1) is 0 Å². The Morgan fingerprint density at radius 2 is 2.00 bits per heavy atom. The second-order valence-corrected chi connectivity index (χ2v) is 5.42. The quantitative estimate of drug-likeness (QED) is 0.783. The molecule has 0 atom stereocenters. The van der Waals surface area contributed by atoms with Crippen LogP contribution in [0.25, 0.3) is 0 Å². The Labute approximate surface area is 115 Å². The highest BCUT2D eigenvalue weighted by molar-refractivity contribution is 5.40. The number of anilines is 1. The van der Waals surface area contributed by atoms with E-state index in [1.807, 2.05) is 6.92 Å². The van der Waals surface area contributed by atoms with E-state index >= 15 is 0 Å². The molecule has 1 aromatic rings. The van der Waals surface area contributed by atoms with Crippen molar-refractivity contribution in [3.05, 3.63) is 17.6 Å². The Hall–Kier alpha value is -1.16. The van der Waals surface area contributed by atoms with Crippen molar-refractivity contribution >= 4 is 5.82 Å². The van der Waals surface area contributed by atoms with Crippen molar-refractivity contribution in [2.75, 3.05) is 24.6 Å². The third kappa shape index (κ3) is 4.16. The molecule has 0 unspecified atom stereocenters. The highest BCUT2D eigenvalue weighted by Gasteiger charge is 2.27. The van der Waals surface area contributed by atoms with Gasteiger partial charge in [-0.1, -0.05) is 13.3 Å². The van der Waals surface area contributed by atoms with Gasteiger partial charge in [0.15, 0.2) is 0 Å². The van der Waals surface area contributed by atoms with Crippen molar-refractivity contribution in [3.63, 3.8) is 0 Å². The highest BCUT2D eigenvalue weighted by Crippen LogP contribution is 2.38. The maximum Gasteiger partial charge on any atom is 0.134 e. The van der Waals surface area contributed by atoms with Gasteiger partial charge in [0.25, 0.3) is 0 Å². The van der Waals surface area contributed by atoms with E-state index in [4.69, 9.17) is 10.1 Å². The molecule has 1 aromatic heterocycles. The van der Waals surface area contributed by atoms with Gasteiger partial charge in [0.2, 0.25) is 0 Å². The Morgan fingerprint density at radius 1 is 1.26 bits per heavy atom. The minimum Gasteiger partial charge on any atom is -0.396 e. The molecule has 1 N–H and O–H groups in total. The summed E-state index contributed by atoms with van der Waals surface area (Å²) in [6, 6.07) is 2.07. The van der Waals surface area contributed by atoms with E-state index in [1.165, 1.54) is 19.3 Å². The van der Waals surface area contributed by atoms with Crippen molar-refractivity contribution in [2.24, 2.45) is 0 Å². The lowest BCUT2D eigenvalue weighted by molar-refractivity contribution is 0.289. The van der Waals surface area contributed by atoms with Gasteiger partial charge in [-0.05, 0) is 32.6 Å². The van der Waals surface area contributed by atoms with E-state index in [0.717, 1.165) is 43.3 Å². The van der Waals surface area contributed by atoms with Crippen LogP contribution in [0.2, 0.25) is 0 Å². The van der Waals surface area contributed by atoms with E-state index in [0.29, 0.717) is 5.92 Å². The van der Waals surface area contributed by atoms with Gasteiger partial charge in [-0.2, -0.15) is 0 Å². The standard InChI is InChI=1S/C15H25N3O/c1-3-4-8-18(9-5-10-19)14-11-12(2)16-15(17-14)13-6-7-13/h11,13,19H,3-10H2,1-2H3. The van der Waals surface area contributed by atoms with Gasteiger partial charge in [-0.25, -0.2) is 9.97 Å². The molecular weight excluding hydrogens is 238 g/mol. The van der Waals surface area contributed by atoms with E-state index in [-0.39, 0.29) is 6.61 Å². The van der Waals surface area contributed by atoms with Gasteiger partial charge >= 0.3 is 0 Å². The third-order valence-corrected chi connectivity index (χ3v) is 3.49. The summed E-state index contributed by atoms with van der Waals surface area (Å²) in [6.45, 7) is 6.36. The summed E-state index contributed by atoms with van der Waals surface area (Å²) >= 11 is 0. The van der Waals surface area contributed by atoms with Gasteiger partial charge in [0.1, 0.15) is 11.6 Å². The third-order valence-electron chi connectivity index (χ3n) is 3.49. The van der Waals surface area contributed by atoms with Gasteiger partial charge < -0.3 is 10.0 Å². The number of rotatable bonds is 8. The number of aliphatic hydroxyl groups is 1. The summed E-state index contributed by atoms with van der Waals surface area (Å²) in [4.78, 5) is 11.6. The van der Waals surface area contributed by atoms with Crippen LogP contribution < -0.4 is 4.90 Å². The molecule has 0 saturated heterocycles. The summed E-state index contributed by atoms with van der Waals surface area (Å²) in [7, 11) is 0. The van der Waals surface area contributed by atoms with E-state index in [1.54, 1.807) is 0 Å². The molecule has 0 aliphatic heterocycles. The molecule has 1 fully saturated rings. The van der Waals surface area contributed by atoms with Crippen LogP contribution in [0, 0.1) is 6.92 Å². The molecular formula is C15H25N3O. The second-order valence-electron chi connectivity index (χ2n) is 5.42. The Balaban J connectivity index is 2.13. The van der Waals surface area contributed by atoms with Crippen LogP contribution in [0.5, 0.6) is 0 Å². The topological polar surface area (TPSA) is 49.2 Å². The predicted molar refractivity (Wildman–Crippen MR) is 77.6 cm³/mol. The minimum absolute atomic E-state index is 0.238. The summed E-state index contributed by atoms with van der Waals surface area (Å²) < 4.78 is 0. The number of hydrogen-bond acceptors (Lipinski definition) is 4. The minimum atomic E-state index is 0.238. The zero-order chi connectivity index (χ0) is 13.7. The number of hydrogen-bond donors (Lipinski definition) is 1. The first-order valence-electron chi connectivity index (χ1n) is 7.46. The van der Waals surface area contributed by atoms with E-state index in [9.17, 15) is 0 Å². The average molecular weight is 263 g/mol. The van der Waals surface area contributed by atoms with Crippen LogP contribution in [0.3, 0.4) is 0 Å². The molecule has 4 nitrogen and oxygen atoms in total. The number of aromatic nitrogens is 2. The lowest BCUT2D eigenvalue weighted by atomic mass is 10.2. The molecule has 0 spiro atoms. The van der Waals surface area contributed by atoms with Gasteiger partial charge in [-0.3, -0.25) is 0 Å². The molecule has 0 radical (unpaired) electrons. The SMILES string of the molecule is CCCCN(CCCO)c1cc(C)nc(C2CC2)n1. The summed E-state index contributed by atoms with van der Waals surface area (Å²) in [5.74, 6) is 2.64.